The van der Waals surface area contributed by atoms with Gasteiger partial charge in [-0.3, -0.25) is 4.79 Å². The molecule has 0 aromatic heterocycles. The van der Waals surface area contributed by atoms with Gasteiger partial charge in [-0.2, -0.15) is 5.10 Å². The zero-order chi connectivity index (χ0) is 24.5. The fraction of sp³-hybridized carbons (Fsp3) is 0.200. The molecule has 0 saturated carbocycles. The smallest absolute Gasteiger partial charge is 0.271 e. The highest BCUT2D eigenvalue weighted by Crippen LogP contribution is 2.29. The van der Waals surface area contributed by atoms with Crippen LogP contribution in [0.3, 0.4) is 0 Å². The normalized spacial score (nSPS) is 10.9. The van der Waals surface area contributed by atoms with E-state index in [2.05, 4.69) is 10.5 Å². The minimum atomic E-state index is -0.383. The van der Waals surface area contributed by atoms with Crippen LogP contribution < -0.4 is 19.6 Å². The molecule has 3 aromatic carbocycles. The van der Waals surface area contributed by atoms with Gasteiger partial charge in [0, 0.05) is 21.2 Å². The van der Waals surface area contributed by atoms with Crippen molar-refractivity contribution >= 4 is 46.9 Å². The quantitative estimate of drug-likeness (QED) is 0.236. The van der Waals surface area contributed by atoms with Crippen LogP contribution in [0.1, 0.15) is 35.3 Å². The molecule has 0 aliphatic heterocycles. The van der Waals surface area contributed by atoms with Crippen LogP contribution in [0, 0.1) is 0 Å². The summed E-state index contributed by atoms with van der Waals surface area (Å²) in [6, 6.07) is 15.3. The van der Waals surface area contributed by atoms with Crippen LogP contribution in [-0.2, 0) is 6.61 Å². The summed E-state index contributed by atoms with van der Waals surface area (Å²) in [5, 5.41) is 5.48. The van der Waals surface area contributed by atoms with Gasteiger partial charge in [-0.25, -0.2) is 5.43 Å². The number of hydrogen-bond acceptors (Lipinski definition) is 5. The monoisotopic (exact) mass is 520 g/mol. The van der Waals surface area contributed by atoms with Gasteiger partial charge in [0.25, 0.3) is 5.91 Å². The number of benzene rings is 3. The minimum Gasteiger partial charge on any atom is -0.490 e. The second kappa shape index (κ2) is 12.5. The summed E-state index contributed by atoms with van der Waals surface area (Å²) >= 11 is 18.4. The van der Waals surface area contributed by atoms with E-state index < -0.39 is 0 Å². The number of carbonyl (C=O) groups is 1. The van der Waals surface area contributed by atoms with E-state index in [1.807, 2.05) is 13.8 Å². The standard InChI is InChI=1S/C25H23Cl3N2O4/c1-3-32-23-10-7-17(12-24(23)33-4-2)25(31)30-29-14-16-5-9-22(21(28)11-16)34-15-18-6-8-19(26)13-20(18)27/h5-14H,3-4,15H2,1-2H3,(H,30,31)/b29-14+. The average Bonchev–Trinajstić information content (AvgIpc) is 2.81. The largest absolute Gasteiger partial charge is 0.490 e. The Morgan fingerprint density at radius 3 is 2.29 bits per heavy atom. The number of hydrazone groups is 1. The van der Waals surface area contributed by atoms with Crippen molar-refractivity contribution in [2.45, 2.75) is 20.5 Å². The molecule has 1 amide bonds. The molecule has 3 rings (SSSR count). The number of nitrogens with zero attached hydrogens (tertiary/aromatic N) is 1. The van der Waals surface area contributed by atoms with Crippen molar-refractivity contribution in [3.63, 3.8) is 0 Å². The van der Waals surface area contributed by atoms with Crippen LogP contribution >= 0.6 is 34.8 Å². The van der Waals surface area contributed by atoms with E-state index in [1.165, 1.54) is 6.21 Å². The SMILES string of the molecule is CCOc1ccc(C(=O)N/N=C/c2ccc(OCc3ccc(Cl)cc3Cl)c(Cl)c2)cc1OCC. The summed E-state index contributed by atoms with van der Waals surface area (Å²) < 4.78 is 16.8. The molecule has 178 valence electrons. The van der Waals surface area contributed by atoms with E-state index in [-0.39, 0.29) is 12.5 Å². The third-order valence-corrected chi connectivity index (χ3v) is 5.42. The van der Waals surface area contributed by atoms with Gasteiger partial charge < -0.3 is 14.2 Å². The Hall–Kier alpha value is -2.93. The Labute approximate surface area is 213 Å². The van der Waals surface area contributed by atoms with Gasteiger partial charge in [0.15, 0.2) is 11.5 Å². The first-order valence-corrected chi connectivity index (χ1v) is 11.6. The summed E-state index contributed by atoms with van der Waals surface area (Å²) in [7, 11) is 0. The lowest BCUT2D eigenvalue weighted by atomic mass is 10.2. The Bertz CT molecular complexity index is 1180. The summed E-state index contributed by atoms with van der Waals surface area (Å²) in [5.74, 6) is 1.20. The van der Waals surface area contributed by atoms with Gasteiger partial charge in [-0.15, -0.1) is 0 Å². The summed E-state index contributed by atoms with van der Waals surface area (Å²) in [6.45, 7) is 4.94. The zero-order valence-corrected chi connectivity index (χ0v) is 20.9. The lowest BCUT2D eigenvalue weighted by molar-refractivity contribution is 0.0954. The number of hydrogen-bond donors (Lipinski definition) is 1. The highest BCUT2D eigenvalue weighted by atomic mass is 35.5. The molecule has 3 aromatic rings. The van der Waals surface area contributed by atoms with E-state index in [1.54, 1.807) is 54.6 Å². The predicted molar refractivity (Wildman–Crippen MR) is 136 cm³/mol. The topological polar surface area (TPSA) is 69.2 Å². The maximum Gasteiger partial charge on any atom is 0.271 e. The van der Waals surface area contributed by atoms with Gasteiger partial charge in [-0.1, -0.05) is 40.9 Å². The number of halogens is 3. The minimum absolute atomic E-state index is 0.241. The van der Waals surface area contributed by atoms with E-state index >= 15 is 0 Å². The van der Waals surface area contributed by atoms with Crippen LogP contribution in [-0.4, -0.2) is 25.3 Å². The van der Waals surface area contributed by atoms with E-state index in [4.69, 9.17) is 49.0 Å². The van der Waals surface area contributed by atoms with Crippen molar-refractivity contribution in [3.8, 4) is 17.2 Å². The number of nitrogens with one attached hydrogen (secondary N) is 1. The first-order valence-electron chi connectivity index (χ1n) is 10.5. The van der Waals surface area contributed by atoms with Gasteiger partial charge in [0.2, 0.25) is 0 Å². The molecule has 0 radical (unpaired) electrons. The average molecular weight is 522 g/mol. The van der Waals surface area contributed by atoms with Crippen molar-refractivity contribution in [2.24, 2.45) is 5.10 Å². The van der Waals surface area contributed by atoms with Crippen LogP contribution in [0.5, 0.6) is 17.2 Å². The maximum atomic E-state index is 12.5. The predicted octanol–water partition coefficient (Wildman–Crippen LogP) is 6.79. The van der Waals surface area contributed by atoms with Gasteiger partial charge in [0.05, 0.1) is 24.5 Å². The number of carbonyl (C=O) groups excluding carboxylic acids is 1. The highest BCUT2D eigenvalue weighted by molar-refractivity contribution is 6.35. The highest BCUT2D eigenvalue weighted by Gasteiger charge is 2.11. The second-order valence-corrected chi connectivity index (χ2v) is 8.19. The third-order valence-electron chi connectivity index (χ3n) is 4.54. The summed E-state index contributed by atoms with van der Waals surface area (Å²) in [6.07, 6.45) is 1.49. The van der Waals surface area contributed by atoms with Crippen molar-refractivity contribution in [2.75, 3.05) is 13.2 Å². The molecular weight excluding hydrogens is 499 g/mol. The Morgan fingerprint density at radius 1 is 0.853 bits per heavy atom. The lowest BCUT2D eigenvalue weighted by Crippen LogP contribution is -2.17. The second-order valence-electron chi connectivity index (χ2n) is 6.94. The van der Waals surface area contributed by atoms with E-state index in [0.717, 1.165) is 5.56 Å². The van der Waals surface area contributed by atoms with E-state index in [0.29, 0.717) is 56.7 Å². The van der Waals surface area contributed by atoms with Gasteiger partial charge in [0.1, 0.15) is 12.4 Å². The molecule has 0 heterocycles. The molecule has 0 saturated heterocycles. The molecule has 0 aliphatic carbocycles. The molecule has 0 spiro atoms. The maximum absolute atomic E-state index is 12.5. The molecule has 0 fully saturated rings. The molecule has 34 heavy (non-hydrogen) atoms. The number of ether oxygens (including phenoxy) is 3. The Balaban J connectivity index is 1.60. The molecule has 0 bridgehead atoms. The molecule has 6 nitrogen and oxygen atoms in total. The lowest BCUT2D eigenvalue weighted by Gasteiger charge is -2.11. The molecule has 0 atom stereocenters. The summed E-state index contributed by atoms with van der Waals surface area (Å²) in [4.78, 5) is 12.5. The van der Waals surface area contributed by atoms with Crippen molar-refractivity contribution in [1.82, 2.24) is 5.43 Å². The number of amides is 1. The van der Waals surface area contributed by atoms with E-state index in [9.17, 15) is 4.79 Å². The molecule has 1 N–H and O–H groups in total. The van der Waals surface area contributed by atoms with Crippen molar-refractivity contribution in [3.05, 3.63) is 86.4 Å². The number of rotatable bonds is 10. The fourth-order valence-corrected chi connectivity index (χ4v) is 3.64. The van der Waals surface area contributed by atoms with Crippen LogP contribution in [0.4, 0.5) is 0 Å². The van der Waals surface area contributed by atoms with Crippen LogP contribution in [0.2, 0.25) is 15.1 Å². The molecule has 0 aliphatic rings. The fourth-order valence-electron chi connectivity index (χ4n) is 2.93. The molecule has 9 heteroatoms. The first kappa shape index (κ1) is 25.7. The van der Waals surface area contributed by atoms with Gasteiger partial charge in [-0.05, 0) is 67.9 Å². The molecule has 0 unspecified atom stereocenters. The Morgan fingerprint density at radius 2 is 1.59 bits per heavy atom. The van der Waals surface area contributed by atoms with Crippen molar-refractivity contribution < 1.29 is 19.0 Å². The third kappa shape index (κ3) is 7.03. The van der Waals surface area contributed by atoms with Crippen LogP contribution in [0.25, 0.3) is 0 Å². The van der Waals surface area contributed by atoms with Crippen molar-refractivity contribution in [1.29, 1.82) is 0 Å². The van der Waals surface area contributed by atoms with Gasteiger partial charge >= 0.3 is 0 Å². The first-order chi connectivity index (χ1) is 16.4. The zero-order valence-electron chi connectivity index (χ0n) is 18.6. The Kier molecular flexibility index (Phi) is 9.45. The molecular formula is C25H23Cl3N2O4. The summed E-state index contributed by atoms with van der Waals surface area (Å²) in [5.41, 5.74) is 4.36. The van der Waals surface area contributed by atoms with Crippen LogP contribution in [0.15, 0.2) is 59.7 Å².